The molecule has 0 aromatic carbocycles. The summed E-state index contributed by atoms with van der Waals surface area (Å²) in [6.07, 6.45) is 1.04. The van der Waals surface area contributed by atoms with Crippen molar-refractivity contribution in [3.63, 3.8) is 0 Å². The molecule has 19 heavy (non-hydrogen) atoms. The molecule has 0 aliphatic rings. The van der Waals surface area contributed by atoms with Crippen molar-refractivity contribution >= 4 is 21.6 Å². The summed E-state index contributed by atoms with van der Waals surface area (Å²) in [4.78, 5) is 12.0. The van der Waals surface area contributed by atoms with Gasteiger partial charge in [-0.1, -0.05) is 20.8 Å². The molecule has 0 spiro atoms. The molecule has 0 saturated carbocycles. The van der Waals surface area contributed by atoms with Gasteiger partial charge in [0, 0.05) is 23.4 Å². The fourth-order valence-corrected chi connectivity index (χ4v) is 1.59. The van der Waals surface area contributed by atoms with Crippen LogP contribution in [0.15, 0.2) is 6.07 Å². The minimum absolute atomic E-state index is 0.123. The Hall–Kier alpha value is -1.37. The van der Waals surface area contributed by atoms with Gasteiger partial charge in [-0.25, -0.2) is 8.42 Å². The monoisotopic (exact) mass is 287 g/mol. The van der Waals surface area contributed by atoms with Crippen molar-refractivity contribution in [2.45, 2.75) is 44.8 Å². The van der Waals surface area contributed by atoms with Gasteiger partial charge in [0.25, 0.3) is 0 Å². The number of hydrogen-bond donors (Lipinski definition) is 2. The second-order valence-corrected chi connectivity index (χ2v) is 8.72. The molecule has 0 radical (unpaired) electrons. The van der Waals surface area contributed by atoms with Crippen LogP contribution in [0.2, 0.25) is 0 Å². The summed E-state index contributed by atoms with van der Waals surface area (Å²) in [6, 6.07) is 1.70. The number of hydrogen-bond acceptors (Lipinski definition) is 4. The Morgan fingerprint density at radius 2 is 1.79 bits per heavy atom. The number of nitrogens with one attached hydrogen (secondary N) is 2. The Balaban J connectivity index is 2.93. The highest BCUT2D eigenvalue weighted by Gasteiger charge is 2.38. The van der Waals surface area contributed by atoms with Crippen molar-refractivity contribution in [1.82, 2.24) is 10.2 Å². The minimum atomic E-state index is -3.49. The Kier molecular flexibility index (Phi) is 3.82. The zero-order valence-electron chi connectivity index (χ0n) is 12.2. The van der Waals surface area contributed by atoms with E-state index in [-0.39, 0.29) is 5.41 Å². The van der Waals surface area contributed by atoms with Crippen LogP contribution in [0.5, 0.6) is 0 Å². The summed E-state index contributed by atoms with van der Waals surface area (Å²) in [5.74, 6) is -0.270. The maximum atomic E-state index is 12.0. The molecule has 0 fully saturated rings. The summed E-state index contributed by atoms with van der Waals surface area (Å²) >= 11 is 0. The Morgan fingerprint density at radius 3 is 2.16 bits per heavy atom. The predicted octanol–water partition coefficient (Wildman–Crippen LogP) is 1.47. The standard InChI is InChI=1S/C12H21N3O3S/c1-11(2,3)8-7-9(15-14-8)13-10(16)12(4,5)19(6,17)18/h7H,1-6H3,(H2,13,14,15,16). The van der Waals surface area contributed by atoms with Gasteiger partial charge in [0.05, 0.1) is 0 Å². The first kappa shape index (κ1) is 15.7. The number of amides is 1. The number of sulfone groups is 1. The topological polar surface area (TPSA) is 91.9 Å². The van der Waals surface area contributed by atoms with E-state index in [4.69, 9.17) is 0 Å². The highest BCUT2D eigenvalue weighted by Crippen LogP contribution is 2.23. The van der Waals surface area contributed by atoms with Crippen LogP contribution in [0, 0.1) is 0 Å². The molecule has 1 amide bonds. The van der Waals surface area contributed by atoms with Gasteiger partial charge in [0.2, 0.25) is 5.91 Å². The SMILES string of the molecule is CC(C)(C)c1cc(NC(=O)C(C)(C)S(C)(=O)=O)n[nH]1. The van der Waals surface area contributed by atoms with Gasteiger partial charge in [0.1, 0.15) is 4.75 Å². The normalized spacial score (nSPS) is 13.4. The van der Waals surface area contributed by atoms with Gasteiger partial charge in [-0.15, -0.1) is 0 Å². The molecule has 1 rings (SSSR count). The molecule has 2 N–H and O–H groups in total. The molecule has 1 aromatic heterocycles. The van der Waals surface area contributed by atoms with E-state index in [2.05, 4.69) is 15.5 Å². The van der Waals surface area contributed by atoms with Crippen LogP contribution in [0.4, 0.5) is 5.82 Å². The van der Waals surface area contributed by atoms with Crippen LogP contribution in [-0.4, -0.2) is 35.5 Å². The summed E-state index contributed by atoms with van der Waals surface area (Å²) in [5, 5.41) is 9.31. The Labute approximate surface area is 113 Å². The lowest BCUT2D eigenvalue weighted by Gasteiger charge is -2.20. The van der Waals surface area contributed by atoms with E-state index in [1.165, 1.54) is 13.8 Å². The molecule has 6 nitrogen and oxygen atoms in total. The van der Waals surface area contributed by atoms with Crippen LogP contribution in [0.1, 0.15) is 40.3 Å². The first-order valence-electron chi connectivity index (χ1n) is 5.92. The maximum absolute atomic E-state index is 12.0. The fraction of sp³-hybridized carbons (Fsp3) is 0.667. The number of aromatic amines is 1. The van der Waals surface area contributed by atoms with Crippen LogP contribution >= 0.6 is 0 Å². The average Bonchev–Trinajstić information content (AvgIpc) is 2.63. The van der Waals surface area contributed by atoms with Crippen LogP contribution in [-0.2, 0) is 20.0 Å². The predicted molar refractivity (Wildman–Crippen MR) is 74.8 cm³/mol. The molecular formula is C12H21N3O3S. The molecule has 7 heteroatoms. The highest BCUT2D eigenvalue weighted by molar-refractivity contribution is 7.92. The molecule has 1 heterocycles. The lowest BCUT2D eigenvalue weighted by Crippen LogP contribution is -2.43. The summed E-state index contributed by atoms with van der Waals surface area (Å²) < 4.78 is 21.6. The van der Waals surface area contributed by atoms with E-state index in [9.17, 15) is 13.2 Å². The average molecular weight is 287 g/mol. The van der Waals surface area contributed by atoms with E-state index in [0.717, 1.165) is 11.9 Å². The second-order valence-electron chi connectivity index (χ2n) is 6.15. The zero-order valence-corrected chi connectivity index (χ0v) is 13.0. The number of nitrogens with zero attached hydrogens (tertiary/aromatic N) is 1. The van der Waals surface area contributed by atoms with Gasteiger partial charge >= 0.3 is 0 Å². The number of carbonyl (C=O) groups excluding carboxylic acids is 1. The van der Waals surface area contributed by atoms with E-state index in [1.54, 1.807) is 6.07 Å². The van der Waals surface area contributed by atoms with Gasteiger partial charge in [-0.3, -0.25) is 9.89 Å². The van der Waals surface area contributed by atoms with Crippen molar-refractivity contribution < 1.29 is 13.2 Å². The quantitative estimate of drug-likeness (QED) is 0.880. The summed E-state index contributed by atoms with van der Waals surface area (Å²) in [6.45, 7) is 8.76. The molecule has 0 bridgehead atoms. The zero-order chi connectivity index (χ0) is 15.1. The van der Waals surface area contributed by atoms with Crippen molar-refractivity contribution in [3.8, 4) is 0 Å². The van der Waals surface area contributed by atoms with E-state index < -0.39 is 20.5 Å². The lowest BCUT2D eigenvalue weighted by molar-refractivity contribution is -0.117. The van der Waals surface area contributed by atoms with Crippen LogP contribution < -0.4 is 5.32 Å². The third kappa shape index (κ3) is 3.34. The second kappa shape index (κ2) is 4.63. The fourth-order valence-electron chi connectivity index (χ4n) is 1.21. The van der Waals surface area contributed by atoms with Crippen molar-refractivity contribution in [2.75, 3.05) is 11.6 Å². The van der Waals surface area contributed by atoms with Gasteiger partial charge in [-0.2, -0.15) is 5.10 Å². The molecule has 0 unspecified atom stereocenters. The first-order valence-corrected chi connectivity index (χ1v) is 7.82. The summed E-state index contributed by atoms with van der Waals surface area (Å²) in [5.41, 5.74) is 0.738. The Bertz CT molecular complexity index is 580. The van der Waals surface area contributed by atoms with Crippen molar-refractivity contribution in [1.29, 1.82) is 0 Å². The van der Waals surface area contributed by atoms with Crippen molar-refractivity contribution in [2.24, 2.45) is 0 Å². The molecule has 0 aliphatic carbocycles. The van der Waals surface area contributed by atoms with E-state index >= 15 is 0 Å². The van der Waals surface area contributed by atoms with E-state index in [1.807, 2.05) is 20.8 Å². The number of rotatable bonds is 3. The molecule has 108 valence electrons. The van der Waals surface area contributed by atoms with Gasteiger partial charge in [-0.05, 0) is 13.8 Å². The number of aromatic nitrogens is 2. The van der Waals surface area contributed by atoms with Crippen LogP contribution in [0.25, 0.3) is 0 Å². The molecule has 0 aliphatic heterocycles. The number of H-pyrrole nitrogens is 1. The van der Waals surface area contributed by atoms with Gasteiger partial charge < -0.3 is 5.32 Å². The minimum Gasteiger partial charge on any atom is -0.308 e. The molecule has 1 aromatic rings. The molecular weight excluding hydrogens is 266 g/mol. The smallest absolute Gasteiger partial charge is 0.246 e. The number of carbonyl (C=O) groups is 1. The first-order chi connectivity index (χ1) is 8.35. The lowest BCUT2D eigenvalue weighted by atomic mass is 9.92. The third-order valence-electron chi connectivity index (χ3n) is 3.10. The Morgan fingerprint density at radius 1 is 1.26 bits per heavy atom. The molecule has 0 atom stereocenters. The van der Waals surface area contributed by atoms with Gasteiger partial charge in [0.15, 0.2) is 15.7 Å². The third-order valence-corrected chi connectivity index (χ3v) is 5.14. The van der Waals surface area contributed by atoms with E-state index in [0.29, 0.717) is 5.82 Å². The largest absolute Gasteiger partial charge is 0.308 e. The van der Waals surface area contributed by atoms with Crippen LogP contribution in [0.3, 0.4) is 0 Å². The number of anilines is 1. The van der Waals surface area contributed by atoms with Crippen molar-refractivity contribution in [3.05, 3.63) is 11.8 Å². The highest BCUT2D eigenvalue weighted by atomic mass is 32.2. The maximum Gasteiger partial charge on any atom is 0.246 e. The summed E-state index contributed by atoms with van der Waals surface area (Å²) in [7, 11) is -3.49. The molecule has 0 saturated heterocycles.